The van der Waals surface area contributed by atoms with Gasteiger partial charge in [-0.05, 0) is 54.3 Å². The number of carbonyl (C=O) groups is 1. The van der Waals surface area contributed by atoms with Gasteiger partial charge in [0.1, 0.15) is 17.4 Å². The minimum Gasteiger partial charge on any atom is -0.467 e. The monoisotopic (exact) mass is 427 g/mol. The van der Waals surface area contributed by atoms with Crippen LogP contribution in [0.25, 0.3) is 5.69 Å². The molecule has 31 heavy (non-hydrogen) atoms. The smallest absolute Gasteiger partial charge is 0.254 e. The first-order valence-electron chi connectivity index (χ1n) is 10.1. The summed E-state index contributed by atoms with van der Waals surface area (Å²) in [6.45, 7) is 4.65. The highest BCUT2D eigenvalue weighted by Gasteiger charge is 2.21. The number of amides is 1. The van der Waals surface area contributed by atoms with Crippen molar-refractivity contribution in [3.63, 3.8) is 0 Å². The molecule has 162 valence electrons. The summed E-state index contributed by atoms with van der Waals surface area (Å²) in [5, 5.41) is 7.23. The average molecular weight is 427 g/mol. The molecule has 3 aromatic rings. The van der Waals surface area contributed by atoms with Gasteiger partial charge in [0.25, 0.3) is 5.91 Å². The van der Waals surface area contributed by atoms with Crippen molar-refractivity contribution >= 4 is 5.91 Å². The first kappa shape index (κ1) is 21.0. The number of nitrogens with one attached hydrogen (secondary N) is 1. The molecule has 0 radical (unpaired) electrons. The van der Waals surface area contributed by atoms with Crippen molar-refractivity contribution in [1.29, 1.82) is 0 Å². The van der Waals surface area contributed by atoms with Crippen molar-refractivity contribution in [1.82, 2.24) is 15.1 Å². The van der Waals surface area contributed by atoms with Crippen molar-refractivity contribution in [2.75, 3.05) is 13.3 Å². The summed E-state index contributed by atoms with van der Waals surface area (Å²) in [4.78, 5) is 12.9. The van der Waals surface area contributed by atoms with Gasteiger partial charge in [-0.2, -0.15) is 5.10 Å². The fourth-order valence-electron chi connectivity index (χ4n) is 3.72. The standard InChI is InChI=1S/C23H23F2N3O3/c1-14(2)21-20(11-27-28(21)19-5-3-17(24)4-6-19)23(29)26-8-7-15-9-18(25)10-16-12-30-13-31-22(15)16/h3-6,9-11,14H,7-8,12-13H2,1-2H3,(H,26,29). The normalized spacial score (nSPS) is 13.1. The van der Waals surface area contributed by atoms with Crippen LogP contribution in [0.3, 0.4) is 0 Å². The van der Waals surface area contributed by atoms with E-state index in [4.69, 9.17) is 9.47 Å². The highest BCUT2D eigenvalue weighted by atomic mass is 19.1. The molecule has 8 heteroatoms. The summed E-state index contributed by atoms with van der Waals surface area (Å²) in [7, 11) is 0. The molecule has 1 aromatic heterocycles. The van der Waals surface area contributed by atoms with Gasteiger partial charge in [0.2, 0.25) is 0 Å². The minimum atomic E-state index is -0.364. The largest absolute Gasteiger partial charge is 0.467 e. The van der Waals surface area contributed by atoms with E-state index in [1.54, 1.807) is 16.8 Å². The van der Waals surface area contributed by atoms with Crippen LogP contribution in [-0.2, 0) is 17.8 Å². The SMILES string of the molecule is CC(C)c1c(C(=O)NCCc2cc(F)cc3c2OCOC3)cnn1-c1ccc(F)cc1. The minimum absolute atomic E-state index is 0.0111. The first-order valence-corrected chi connectivity index (χ1v) is 10.1. The van der Waals surface area contributed by atoms with E-state index >= 15 is 0 Å². The molecule has 1 N–H and O–H groups in total. The van der Waals surface area contributed by atoms with Crippen molar-refractivity contribution in [3.8, 4) is 11.4 Å². The van der Waals surface area contributed by atoms with Gasteiger partial charge in [-0.25, -0.2) is 13.5 Å². The number of benzene rings is 2. The lowest BCUT2D eigenvalue weighted by Gasteiger charge is -2.21. The molecule has 0 bridgehead atoms. The molecule has 0 spiro atoms. The zero-order chi connectivity index (χ0) is 22.0. The highest BCUT2D eigenvalue weighted by molar-refractivity contribution is 5.95. The van der Waals surface area contributed by atoms with E-state index < -0.39 is 0 Å². The fraction of sp³-hybridized carbons (Fsp3) is 0.304. The zero-order valence-corrected chi connectivity index (χ0v) is 17.3. The number of hydrogen-bond donors (Lipinski definition) is 1. The van der Waals surface area contributed by atoms with E-state index in [0.29, 0.717) is 47.7 Å². The lowest BCUT2D eigenvalue weighted by molar-refractivity contribution is -0.0172. The Kier molecular flexibility index (Phi) is 5.99. The Morgan fingerprint density at radius 3 is 2.71 bits per heavy atom. The summed E-state index contributed by atoms with van der Waals surface area (Å²) in [5.74, 6) is -0.343. The molecule has 0 unspecified atom stereocenters. The number of ether oxygens (including phenoxy) is 2. The van der Waals surface area contributed by atoms with Crippen LogP contribution in [0.2, 0.25) is 0 Å². The summed E-state index contributed by atoms with van der Waals surface area (Å²) >= 11 is 0. The van der Waals surface area contributed by atoms with Gasteiger partial charge in [0.05, 0.1) is 29.7 Å². The number of carbonyl (C=O) groups excluding carboxylic acids is 1. The van der Waals surface area contributed by atoms with E-state index in [2.05, 4.69) is 10.4 Å². The van der Waals surface area contributed by atoms with Crippen LogP contribution in [0.15, 0.2) is 42.6 Å². The van der Waals surface area contributed by atoms with E-state index in [9.17, 15) is 13.6 Å². The van der Waals surface area contributed by atoms with Gasteiger partial charge in [0, 0.05) is 12.1 Å². The Labute approximate surface area is 178 Å². The van der Waals surface area contributed by atoms with Crippen molar-refractivity contribution in [2.24, 2.45) is 0 Å². The molecule has 6 nitrogen and oxygen atoms in total. The Morgan fingerprint density at radius 1 is 1.19 bits per heavy atom. The maximum atomic E-state index is 13.9. The zero-order valence-electron chi connectivity index (χ0n) is 17.3. The Balaban J connectivity index is 1.50. The molecular weight excluding hydrogens is 404 g/mol. The second-order valence-corrected chi connectivity index (χ2v) is 7.66. The highest BCUT2D eigenvalue weighted by Crippen LogP contribution is 2.29. The maximum Gasteiger partial charge on any atom is 0.254 e. The van der Waals surface area contributed by atoms with Crippen molar-refractivity contribution < 1.29 is 23.0 Å². The van der Waals surface area contributed by atoms with Crippen LogP contribution in [-0.4, -0.2) is 29.0 Å². The van der Waals surface area contributed by atoms with Crippen LogP contribution in [0.5, 0.6) is 5.75 Å². The van der Waals surface area contributed by atoms with Crippen LogP contribution in [0.1, 0.15) is 46.9 Å². The molecule has 0 aliphatic carbocycles. The Hall–Kier alpha value is -3.26. The molecule has 0 fully saturated rings. The molecule has 1 aliphatic rings. The quantitative estimate of drug-likeness (QED) is 0.643. The van der Waals surface area contributed by atoms with Crippen LogP contribution < -0.4 is 10.1 Å². The Bertz CT molecular complexity index is 1090. The lowest BCUT2D eigenvalue weighted by Crippen LogP contribution is -2.27. The van der Waals surface area contributed by atoms with Gasteiger partial charge < -0.3 is 14.8 Å². The summed E-state index contributed by atoms with van der Waals surface area (Å²) in [5.41, 5.74) is 3.20. The third kappa shape index (κ3) is 4.44. The van der Waals surface area contributed by atoms with Crippen LogP contribution in [0.4, 0.5) is 8.78 Å². The van der Waals surface area contributed by atoms with E-state index in [-0.39, 0.29) is 30.3 Å². The third-order valence-corrected chi connectivity index (χ3v) is 5.10. The van der Waals surface area contributed by atoms with E-state index in [1.165, 1.54) is 30.5 Å². The van der Waals surface area contributed by atoms with Crippen molar-refractivity contribution in [2.45, 2.75) is 32.8 Å². The van der Waals surface area contributed by atoms with Gasteiger partial charge >= 0.3 is 0 Å². The Morgan fingerprint density at radius 2 is 1.97 bits per heavy atom. The average Bonchev–Trinajstić information content (AvgIpc) is 3.19. The molecule has 0 saturated heterocycles. The van der Waals surface area contributed by atoms with Crippen molar-refractivity contribution in [3.05, 3.63) is 76.6 Å². The molecule has 4 rings (SSSR count). The van der Waals surface area contributed by atoms with Crippen LogP contribution in [0, 0.1) is 11.6 Å². The van der Waals surface area contributed by atoms with E-state index in [1.807, 2.05) is 13.8 Å². The molecule has 1 amide bonds. The van der Waals surface area contributed by atoms with E-state index in [0.717, 1.165) is 5.69 Å². The number of nitrogens with zero attached hydrogens (tertiary/aromatic N) is 2. The van der Waals surface area contributed by atoms with Crippen LogP contribution >= 0.6 is 0 Å². The van der Waals surface area contributed by atoms with Gasteiger partial charge in [-0.15, -0.1) is 0 Å². The predicted molar refractivity (Wildman–Crippen MR) is 110 cm³/mol. The third-order valence-electron chi connectivity index (χ3n) is 5.10. The maximum absolute atomic E-state index is 13.9. The summed E-state index contributed by atoms with van der Waals surface area (Å²) < 4.78 is 39.5. The molecule has 0 atom stereocenters. The fourth-order valence-corrected chi connectivity index (χ4v) is 3.72. The number of hydrogen-bond acceptors (Lipinski definition) is 4. The molecule has 1 aliphatic heterocycles. The first-order chi connectivity index (χ1) is 14.9. The number of halogens is 2. The summed E-state index contributed by atoms with van der Waals surface area (Å²) in [6, 6.07) is 8.76. The lowest BCUT2D eigenvalue weighted by atomic mass is 10.0. The molecule has 2 heterocycles. The molecule has 0 saturated carbocycles. The second-order valence-electron chi connectivity index (χ2n) is 7.66. The topological polar surface area (TPSA) is 65.4 Å². The van der Waals surface area contributed by atoms with Gasteiger partial charge in [-0.3, -0.25) is 4.79 Å². The number of aromatic nitrogens is 2. The number of fused-ring (bicyclic) bond motifs is 1. The number of rotatable bonds is 6. The second kappa shape index (κ2) is 8.85. The molecule has 2 aromatic carbocycles. The predicted octanol–water partition coefficient (Wildman–Crippen LogP) is 4.11. The van der Waals surface area contributed by atoms with Gasteiger partial charge in [-0.1, -0.05) is 13.8 Å². The summed E-state index contributed by atoms with van der Waals surface area (Å²) in [6.07, 6.45) is 1.92. The molecular formula is C23H23F2N3O3. The van der Waals surface area contributed by atoms with Gasteiger partial charge in [0.15, 0.2) is 6.79 Å².